The minimum Gasteiger partial charge on any atom is -0.497 e. The highest BCUT2D eigenvalue weighted by molar-refractivity contribution is 5.32. The van der Waals surface area contributed by atoms with Crippen LogP contribution in [0, 0.1) is 5.41 Å². The van der Waals surface area contributed by atoms with Crippen LogP contribution in [0.2, 0.25) is 0 Å². The first kappa shape index (κ1) is 17.0. The summed E-state index contributed by atoms with van der Waals surface area (Å²) in [5, 5.41) is 0. The van der Waals surface area contributed by atoms with E-state index >= 15 is 0 Å². The number of hydrogen-bond acceptors (Lipinski definition) is 2. The van der Waals surface area contributed by atoms with Crippen LogP contribution >= 0.6 is 0 Å². The van der Waals surface area contributed by atoms with Crippen molar-refractivity contribution in [2.75, 3.05) is 13.7 Å². The van der Waals surface area contributed by atoms with Crippen LogP contribution in [0.25, 0.3) is 0 Å². The van der Waals surface area contributed by atoms with Gasteiger partial charge in [-0.3, -0.25) is 0 Å². The average Bonchev–Trinajstić information content (AvgIpc) is 2.44. The van der Waals surface area contributed by atoms with Crippen LogP contribution in [-0.4, -0.2) is 13.7 Å². The van der Waals surface area contributed by atoms with E-state index < -0.39 is 0 Å². The van der Waals surface area contributed by atoms with Gasteiger partial charge in [-0.05, 0) is 60.8 Å². The van der Waals surface area contributed by atoms with Crippen LogP contribution in [0.4, 0.5) is 0 Å². The van der Waals surface area contributed by atoms with Crippen LogP contribution in [-0.2, 0) is 5.41 Å². The zero-order valence-electron chi connectivity index (χ0n) is 13.8. The second-order valence-electron chi connectivity index (χ2n) is 6.88. The van der Waals surface area contributed by atoms with E-state index in [0.29, 0.717) is 5.41 Å². The van der Waals surface area contributed by atoms with Crippen molar-refractivity contribution in [3.63, 3.8) is 0 Å². The Bertz CT molecular complexity index is 396. The molecule has 0 spiro atoms. The second-order valence-corrected chi connectivity index (χ2v) is 6.88. The fourth-order valence-corrected chi connectivity index (χ4v) is 3.15. The zero-order valence-corrected chi connectivity index (χ0v) is 13.8. The highest BCUT2D eigenvalue weighted by Gasteiger charge is 2.32. The van der Waals surface area contributed by atoms with E-state index in [9.17, 15) is 0 Å². The molecule has 1 unspecified atom stereocenters. The maximum absolute atomic E-state index is 5.66. The molecule has 2 N–H and O–H groups in total. The molecule has 1 aromatic rings. The van der Waals surface area contributed by atoms with E-state index in [1.807, 2.05) is 0 Å². The van der Waals surface area contributed by atoms with Gasteiger partial charge in [-0.15, -0.1) is 0 Å². The van der Waals surface area contributed by atoms with Gasteiger partial charge in [0.2, 0.25) is 0 Å². The number of nitrogens with two attached hydrogens (primary N) is 1. The second kappa shape index (κ2) is 7.12. The minimum atomic E-state index is 0.213. The molecule has 0 fully saturated rings. The Hall–Kier alpha value is -1.02. The van der Waals surface area contributed by atoms with Gasteiger partial charge < -0.3 is 10.5 Å². The Kier molecular flexibility index (Phi) is 6.07. The summed E-state index contributed by atoms with van der Waals surface area (Å²) in [4.78, 5) is 0. The first-order chi connectivity index (χ1) is 9.37. The molecule has 1 atom stereocenters. The average molecular weight is 277 g/mol. The van der Waals surface area contributed by atoms with Gasteiger partial charge >= 0.3 is 0 Å². The Balaban J connectivity index is 2.89. The lowest BCUT2D eigenvalue weighted by molar-refractivity contribution is 0.219. The van der Waals surface area contributed by atoms with Gasteiger partial charge in [0.25, 0.3) is 0 Å². The summed E-state index contributed by atoms with van der Waals surface area (Å²) in [7, 11) is 1.71. The number of rotatable bonds is 8. The third kappa shape index (κ3) is 4.52. The lowest BCUT2D eigenvalue weighted by Crippen LogP contribution is -2.29. The Morgan fingerprint density at radius 2 is 1.70 bits per heavy atom. The molecule has 0 amide bonds. The summed E-state index contributed by atoms with van der Waals surface area (Å²) in [6.07, 6.45) is 4.62. The number of hydrogen-bond donors (Lipinski definition) is 1. The van der Waals surface area contributed by atoms with Crippen LogP contribution in [0.5, 0.6) is 5.75 Å². The third-order valence-electron chi connectivity index (χ3n) is 4.49. The quantitative estimate of drug-likeness (QED) is 0.758. The Labute approximate surface area is 124 Å². The van der Waals surface area contributed by atoms with Crippen molar-refractivity contribution < 1.29 is 4.74 Å². The molecule has 0 aromatic heterocycles. The van der Waals surface area contributed by atoms with Crippen LogP contribution < -0.4 is 10.5 Å². The molecule has 0 aliphatic rings. The van der Waals surface area contributed by atoms with Crippen molar-refractivity contribution in [2.24, 2.45) is 11.1 Å². The largest absolute Gasteiger partial charge is 0.497 e. The molecule has 0 heterocycles. The van der Waals surface area contributed by atoms with Gasteiger partial charge in [0.15, 0.2) is 0 Å². The molecule has 20 heavy (non-hydrogen) atoms. The van der Waals surface area contributed by atoms with Crippen molar-refractivity contribution in [1.82, 2.24) is 0 Å². The molecule has 0 saturated carbocycles. The van der Waals surface area contributed by atoms with Crippen molar-refractivity contribution in [3.8, 4) is 5.75 Å². The molecule has 0 bridgehead atoms. The molecule has 2 nitrogen and oxygen atoms in total. The van der Waals surface area contributed by atoms with E-state index in [0.717, 1.165) is 25.1 Å². The van der Waals surface area contributed by atoms with E-state index in [-0.39, 0.29) is 5.41 Å². The number of methoxy groups -OCH3 is 1. The van der Waals surface area contributed by atoms with Crippen LogP contribution in [0.3, 0.4) is 0 Å². The molecule has 1 aromatic carbocycles. The lowest BCUT2D eigenvalue weighted by Gasteiger charge is -2.38. The van der Waals surface area contributed by atoms with Crippen molar-refractivity contribution in [3.05, 3.63) is 29.8 Å². The molecule has 1 rings (SSSR count). The Morgan fingerprint density at radius 3 is 2.15 bits per heavy atom. The Morgan fingerprint density at radius 1 is 1.10 bits per heavy atom. The molecule has 2 heteroatoms. The summed E-state index contributed by atoms with van der Waals surface area (Å²) in [5.41, 5.74) is 7.60. The van der Waals surface area contributed by atoms with Crippen LogP contribution in [0.15, 0.2) is 24.3 Å². The molecular weight excluding hydrogens is 246 g/mol. The van der Waals surface area contributed by atoms with Crippen molar-refractivity contribution in [1.29, 1.82) is 0 Å². The molecule has 0 saturated heterocycles. The van der Waals surface area contributed by atoms with E-state index in [1.165, 1.54) is 18.4 Å². The third-order valence-corrected chi connectivity index (χ3v) is 4.49. The molecular formula is C18H31NO. The maximum Gasteiger partial charge on any atom is 0.118 e. The van der Waals surface area contributed by atoms with Crippen molar-refractivity contribution in [2.45, 2.75) is 58.8 Å². The smallest absolute Gasteiger partial charge is 0.118 e. The van der Waals surface area contributed by atoms with Gasteiger partial charge in [-0.1, -0.05) is 39.8 Å². The highest BCUT2D eigenvalue weighted by Crippen LogP contribution is 2.41. The highest BCUT2D eigenvalue weighted by atomic mass is 16.5. The minimum absolute atomic E-state index is 0.213. The molecule has 0 aliphatic heterocycles. The zero-order chi connectivity index (χ0) is 15.2. The summed E-state index contributed by atoms with van der Waals surface area (Å²) in [5.74, 6) is 0.926. The number of ether oxygens (including phenoxy) is 1. The van der Waals surface area contributed by atoms with Gasteiger partial charge in [-0.2, -0.15) is 0 Å². The maximum atomic E-state index is 5.66. The SMILES string of the molecule is CCC(C)(CC(C)(C)CCCN)c1ccc(OC)cc1. The first-order valence-electron chi connectivity index (χ1n) is 7.71. The first-order valence-corrected chi connectivity index (χ1v) is 7.71. The molecule has 114 valence electrons. The standard InChI is InChI=1S/C18H31NO/c1-6-18(4,14-17(2,3)12-7-13-19)15-8-10-16(20-5)11-9-15/h8-11H,6-7,12-14,19H2,1-5H3. The monoisotopic (exact) mass is 277 g/mol. The summed E-state index contributed by atoms with van der Waals surface area (Å²) in [6, 6.07) is 8.55. The number of benzene rings is 1. The fourth-order valence-electron chi connectivity index (χ4n) is 3.15. The summed E-state index contributed by atoms with van der Waals surface area (Å²) >= 11 is 0. The topological polar surface area (TPSA) is 35.2 Å². The van der Waals surface area contributed by atoms with Gasteiger partial charge in [0.1, 0.15) is 5.75 Å². The van der Waals surface area contributed by atoms with Gasteiger partial charge in [0, 0.05) is 0 Å². The predicted octanol–water partition coefficient (Wildman–Crippen LogP) is 4.52. The van der Waals surface area contributed by atoms with E-state index in [4.69, 9.17) is 10.5 Å². The fraction of sp³-hybridized carbons (Fsp3) is 0.667. The molecule has 0 radical (unpaired) electrons. The summed E-state index contributed by atoms with van der Waals surface area (Å²) < 4.78 is 5.26. The van der Waals surface area contributed by atoms with E-state index in [1.54, 1.807) is 7.11 Å². The normalized spacial score (nSPS) is 14.9. The lowest BCUT2D eigenvalue weighted by atomic mass is 9.67. The molecule has 0 aliphatic carbocycles. The van der Waals surface area contributed by atoms with Gasteiger partial charge in [0.05, 0.1) is 7.11 Å². The van der Waals surface area contributed by atoms with Gasteiger partial charge in [-0.25, -0.2) is 0 Å². The van der Waals surface area contributed by atoms with Crippen LogP contribution in [0.1, 0.15) is 58.9 Å². The summed E-state index contributed by atoms with van der Waals surface area (Å²) in [6.45, 7) is 10.2. The predicted molar refractivity (Wildman–Crippen MR) is 87.3 cm³/mol. The van der Waals surface area contributed by atoms with E-state index in [2.05, 4.69) is 52.0 Å². The van der Waals surface area contributed by atoms with Crippen molar-refractivity contribution >= 4 is 0 Å².